The van der Waals surface area contributed by atoms with Gasteiger partial charge in [0.15, 0.2) is 0 Å². The molecule has 0 spiro atoms. The summed E-state index contributed by atoms with van der Waals surface area (Å²) in [6.45, 7) is 1.91. The number of aromatic carboxylic acids is 1. The molecule has 0 bridgehead atoms. The lowest BCUT2D eigenvalue weighted by molar-refractivity contribution is 0.0697. The standard InChI is InChI=1S/C14H9ClFNO3S/c1-2-6-5-21-13-11(14(19)20)12(18)7-3-9(16)8(15)4-10(7)17(6)13/h3-5H,2H2,1H3,(H,19,20). The normalized spacial score (nSPS) is 11.4. The topological polar surface area (TPSA) is 58.8 Å². The summed E-state index contributed by atoms with van der Waals surface area (Å²) in [7, 11) is 0. The molecule has 4 nitrogen and oxygen atoms in total. The smallest absolute Gasteiger partial charge is 0.342 e. The van der Waals surface area contributed by atoms with Crippen molar-refractivity contribution in [2.75, 3.05) is 0 Å². The van der Waals surface area contributed by atoms with E-state index in [0.717, 1.165) is 11.8 Å². The molecule has 1 N–H and O–H groups in total. The Morgan fingerprint density at radius 1 is 1.48 bits per heavy atom. The fourth-order valence-corrected chi connectivity index (χ4v) is 3.66. The Morgan fingerprint density at radius 2 is 2.19 bits per heavy atom. The number of hydrogen-bond donors (Lipinski definition) is 1. The number of carboxylic acids is 1. The van der Waals surface area contributed by atoms with E-state index in [1.165, 1.54) is 17.4 Å². The van der Waals surface area contributed by atoms with E-state index >= 15 is 0 Å². The van der Waals surface area contributed by atoms with E-state index < -0.39 is 17.2 Å². The fraction of sp³-hybridized carbons (Fsp3) is 0.143. The van der Waals surface area contributed by atoms with Crippen molar-refractivity contribution in [2.45, 2.75) is 13.3 Å². The van der Waals surface area contributed by atoms with Gasteiger partial charge in [-0.15, -0.1) is 11.3 Å². The molecule has 0 amide bonds. The van der Waals surface area contributed by atoms with E-state index in [4.69, 9.17) is 11.6 Å². The van der Waals surface area contributed by atoms with Crippen molar-refractivity contribution in [1.82, 2.24) is 4.40 Å². The first-order chi connectivity index (χ1) is 9.95. The molecule has 21 heavy (non-hydrogen) atoms. The molecule has 3 aromatic rings. The summed E-state index contributed by atoms with van der Waals surface area (Å²) in [6.07, 6.45) is 0.645. The van der Waals surface area contributed by atoms with E-state index in [1.807, 2.05) is 6.92 Å². The van der Waals surface area contributed by atoms with E-state index in [-0.39, 0.29) is 16.0 Å². The Bertz CT molecular complexity index is 960. The predicted octanol–water partition coefficient (Wildman–Crippen LogP) is 3.57. The van der Waals surface area contributed by atoms with Gasteiger partial charge in [-0.05, 0) is 18.6 Å². The lowest BCUT2D eigenvalue weighted by atomic mass is 10.1. The van der Waals surface area contributed by atoms with Crippen LogP contribution in [0.1, 0.15) is 23.0 Å². The summed E-state index contributed by atoms with van der Waals surface area (Å²) < 4.78 is 15.3. The zero-order chi connectivity index (χ0) is 15.3. The molecule has 2 heterocycles. The molecule has 0 saturated carbocycles. The third-order valence-electron chi connectivity index (χ3n) is 3.34. The lowest BCUT2D eigenvalue weighted by Gasteiger charge is -2.08. The summed E-state index contributed by atoms with van der Waals surface area (Å²) in [5.41, 5.74) is 0.223. The molecular weight excluding hydrogens is 317 g/mol. The molecule has 0 fully saturated rings. The monoisotopic (exact) mass is 325 g/mol. The Morgan fingerprint density at radius 3 is 2.81 bits per heavy atom. The van der Waals surface area contributed by atoms with Crippen molar-refractivity contribution in [3.05, 3.63) is 49.8 Å². The van der Waals surface area contributed by atoms with E-state index in [2.05, 4.69) is 0 Å². The Balaban J connectivity index is 2.68. The summed E-state index contributed by atoms with van der Waals surface area (Å²) in [6, 6.07) is 2.36. The highest BCUT2D eigenvalue weighted by atomic mass is 35.5. The van der Waals surface area contributed by atoms with Gasteiger partial charge >= 0.3 is 5.97 Å². The molecule has 108 valence electrons. The van der Waals surface area contributed by atoms with Crippen molar-refractivity contribution in [3.8, 4) is 0 Å². The first-order valence-corrected chi connectivity index (χ1v) is 7.38. The van der Waals surface area contributed by atoms with E-state index in [1.54, 1.807) is 9.78 Å². The van der Waals surface area contributed by atoms with Gasteiger partial charge in [0.1, 0.15) is 16.2 Å². The van der Waals surface area contributed by atoms with Crippen molar-refractivity contribution >= 4 is 44.6 Å². The molecule has 0 saturated heterocycles. The average Bonchev–Trinajstić information content (AvgIpc) is 2.84. The first kappa shape index (κ1) is 14.0. The maximum absolute atomic E-state index is 13.6. The number of nitrogens with zero attached hydrogens (tertiary/aromatic N) is 1. The van der Waals surface area contributed by atoms with Crippen molar-refractivity contribution in [1.29, 1.82) is 0 Å². The summed E-state index contributed by atoms with van der Waals surface area (Å²) in [4.78, 5) is 24.1. The minimum atomic E-state index is -1.32. The van der Waals surface area contributed by atoms with Gasteiger partial charge in [0.25, 0.3) is 0 Å². The van der Waals surface area contributed by atoms with Crippen LogP contribution in [0.15, 0.2) is 22.3 Å². The average molecular weight is 326 g/mol. The number of halogens is 2. The highest BCUT2D eigenvalue weighted by Gasteiger charge is 2.21. The molecular formula is C14H9ClFNO3S. The van der Waals surface area contributed by atoms with Gasteiger partial charge in [-0.25, -0.2) is 9.18 Å². The molecule has 7 heteroatoms. The number of rotatable bonds is 2. The number of hydrogen-bond acceptors (Lipinski definition) is 3. The van der Waals surface area contributed by atoms with Crippen LogP contribution < -0.4 is 5.43 Å². The van der Waals surface area contributed by atoms with Gasteiger partial charge in [-0.1, -0.05) is 18.5 Å². The lowest BCUT2D eigenvalue weighted by Crippen LogP contribution is -2.18. The molecule has 0 aliphatic rings. The van der Waals surface area contributed by atoms with Crippen molar-refractivity contribution in [2.24, 2.45) is 0 Å². The van der Waals surface area contributed by atoms with Crippen LogP contribution in [0.5, 0.6) is 0 Å². The minimum absolute atomic E-state index is 0.0138. The highest BCUT2D eigenvalue weighted by molar-refractivity contribution is 7.16. The van der Waals surface area contributed by atoms with Crippen LogP contribution in [0.2, 0.25) is 5.02 Å². The van der Waals surface area contributed by atoms with E-state index in [0.29, 0.717) is 16.8 Å². The third-order valence-corrected chi connectivity index (χ3v) is 4.63. The van der Waals surface area contributed by atoms with Crippen LogP contribution in [0.4, 0.5) is 4.39 Å². The molecule has 0 atom stereocenters. The number of aryl methyl sites for hydroxylation is 1. The van der Waals surface area contributed by atoms with Gasteiger partial charge in [0, 0.05) is 11.1 Å². The van der Waals surface area contributed by atoms with Crippen LogP contribution in [0, 0.1) is 5.82 Å². The number of pyridine rings is 1. The van der Waals surface area contributed by atoms with Gasteiger partial charge in [-0.3, -0.25) is 4.79 Å². The Hall–Kier alpha value is -1.92. The summed E-state index contributed by atoms with van der Waals surface area (Å²) >= 11 is 6.98. The SMILES string of the molecule is CCc1csc2c(C(=O)O)c(=O)c3cc(F)c(Cl)cc3n12. The maximum Gasteiger partial charge on any atom is 0.342 e. The van der Waals surface area contributed by atoms with Crippen LogP contribution in [-0.4, -0.2) is 15.5 Å². The number of carbonyl (C=O) groups is 1. The van der Waals surface area contributed by atoms with Gasteiger partial charge < -0.3 is 9.51 Å². The second-order valence-electron chi connectivity index (χ2n) is 4.51. The molecule has 0 aliphatic carbocycles. The molecule has 0 radical (unpaired) electrons. The second-order valence-corrected chi connectivity index (χ2v) is 5.78. The summed E-state index contributed by atoms with van der Waals surface area (Å²) in [5.74, 6) is -2.06. The molecule has 2 aromatic heterocycles. The van der Waals surface area contributed by atoms with Crippen molar-refractivity contribution < 1.29 is 14.3 Å². The second kappa shape index (κ2) is 4.82. The van der Waals surface area contributed by atoms with E-state index in [9.17, 15) is 19.1 Å². The van der Waals surface area contributed by atoms with Gasteiger partial charge in [0.2, 0.25) is 5.43 Å². The van der Waals surface area contributed by atoms with Crippen molar-refractivity contribution in [3.63, 3.8) is 0 Å². The molecule has 1 aromatic carbocycles. The summed E-state index contributed by atoms with van der Waals surface area (Å²) in [5, 5.41) is 11.0. The predicted molar refractivity (Wildman–Crippen MR) is 80.4 cm³/mol. The van der Waals surface area contributed by atoms with Crippen LogP contribution >= 0.6 is 22.9 Å². The van der Waals surface area contributed by atoms with Crippen LogP contribution in [-0.2, 0) is 6.42 Å². The minimum Gasteiger partial charge on any atom is -0.477 e. The van der Waals surface area contributed by atoms with Crippen LogP contribution in [0.25, 0.3) is 15.7 Å². The van der Waals surface area contributed by atoms with Gasteiger partial charge in [0.05, 0.1) is 15.9 Å². The largest absolute Gasteiger partial charge is 0.477 e. The third kappa shape index (κ3) is 1.94. The number of aromatic nitrogens is 1. The Labute approximate surface area is 127 Å². The zero-order valence-electron chi connectivity index (χ0n) is 10.8. The number of benzene rings is 1. The van der Waals surface area contributed by atoms with Crippen LogP contribution in [0.3, 0.4) is 0 Å². The first-order valence-electron chi connectivity index (χ1n) is 6.12. The zero-order valence-corrected chi connectivity index (χ0v) is 12.4. The molecule has 3 rings (SSSR count). The molecule has 0 aliphatic heterocycles. The number of carboxylic acid groups (broad SMARTS) is 1. The van der Waals surface area contributed by atoms with Gasteiger partial charge in [-0.2, -0.15) is 0 Å². The quantitative estimate of drug-likeness (QED) is 0.783. The Kier molecular flexibility index (Phi) is 3.22. The highest BCUT2D eigenvalue weighted by Crippen LogP contribution is 2.28. The molecule has 0 unspecified atom stereocenters. The number of fused-ring (bicyclic) bond motifs is 3. The fourth-order valence-electron chi connectivity index (χ4n) is 2.36. The maximum atomic E-state index is 13.6. The number of thiazole rings is 1.